The van der Waals surface area contributed by atoms with Crippen LogP contribution >= 0.6 is 0 Å². The molecule has 5 aliphatic rings. The fourth-order valence-electron chi connectivity index (χ4n) is 9.74. The molecule has 63 heavy (non-hydrogen) atoms. The largest absolute Gasteiger partial charge is 0.508 e. The average Bonchev–Trinajstić information content (AvgIpc) is 3.86. The zero-order chi connectivity index (χ0) is 43.6. The molecule has 5 aliphatic heterocycles. The number of piperidine rings is 2. The van der Waals surface area contributed by atoms with Gasteiger partial charge in [-0.2, -0.15) is 0 Å². The number of amides is 5. The molecular formula is C49H53N7O7. The van der Waals surface area contributed by atoms with Crippen molar-refractivity contribution in [1.29, 1.82) is 0 Å². The van der Waals surface area contributed by atoms with Crippen molar-refractivity contribution in [3.8, 4) is 28.3 Å². The van der Waals surface area contributed by atoms with Gasteiger partial charge in [0.25, 0.3) is 5.91 Å². The molecule has 1 atom stereocenters. The van der Waals surface area contributed by atoms with Gasteiger partial charge >= 0.3 is 0 Å². The van der Waals surface area contributed by atoms with Gasteiger partial charge in [-0.05, 0) is 97.9 Å². The van der Waals surface area contributed by atoms with E-state index < -0.39 is 11.9 Å². The first-order chi connectivity index (χ1) is 30.6. The van der Waals surface area contributed by atoms with Gasteiger partial charge in [-0.3, -0.25) is 34.3 Å². The normalized spacial score (nSPS) is 19.0. The molecule has 3 aromatic carbocycles. The van der Waals surface area contributed by atoms with Crippen LogP contribution in [0.3, 0.4) is 0 Å². The third kappa shape index (κ3) is 8.68. The number of ether oxygens (including phenoxy) is 1. The van der Waals surface area contributed by atoms with Gasteiger partial charge in [0.15, 0.2) is 0 Å². The lowest BCUT2D eigenvalue weighted by molar-refractivity contribution is -0.137. The number of aromatic nitrogens is 3. The van der Waals surface area contributed by atoms with Gasteiger partial charge in [0.05, 0.1) is 23.6 Å². The standard InChI is InChI=1S/C28H28N4O3.C21H25N3O4/c1-18(33)31-11-12-32-26(17-31)27(30-28(32)20-9-13-35-14-10-20)23-4-2-3-21-15-25(29-16-24(21)23)19-5-7-22(34)8-6-19;25-18-9-8-17(20(27)22-18)24-13-16-14(5-4-6-15(16)21(24)28)7-10-19(26)23-11-2-1-3-12-23/h2-8,15-16,20,34H,9-14,17H2,1H3;4-6,17H,1-3,7-13H2,(H,22,25,27). The molecule has 2 aromatic heterocycles. The highest BCUT2D eigenvalue weighted by atomic mass is 16.5. The third-order valence-electron chi connectivity index (χ3n) is 13.2. The Bertz CT molecular complexity index is 2570. The average molecular weight is 852 g/mol. The monoisotopic (exact) mass is 851 g/mol. The van der Waals surface area contributed by atoms with E-state index in [0.29, 0.717) is 50.4 Å². The molecular weight excluding hydrogens is 799 g/mol. The number of aryl methyl sites for hydroxylation is 1. The van der Waals surface area contributed by atoms with Gasteiger partial charge in [-0.15, -0.1) is 0 Å². The number of carbonyl (C=O) groups excluding carboxylic acids is 5. The van der Waals surface area contributed by atoms with E-state index in [2.05, 4.69) is 34.1 Å². The lowest BCUT2D eigenvalue weighted by atomic mass is 9.99. The summed E-state index contributed by atoms with van der Waals surface area (Å²) in [6, 6.07) is 20.4. The summed E-state index contributed by atoms with van der Waals surface area (Å²) in [5.41, 5.74) is 7.40. The molecule has 10 rings (SSSR count). The van der Waals surface area contributed by atoms with Crippen molar-refractivity contribution in [2.24, 2.45) is 0 Å². The SMILES string of the molecule is CC(=O)N1CCn2c(C3CCOCC3)nc(-c3cccc4cc(-c5ccc(O)cc5)ncc34)c2C1.O=C1CCC(N2Cc3c(CCC(=O)N4CCCCC4)cccc3C2=O)C(=O)N1. The predicted molar refractivity (Wildman–Crippen MR) is 235 cm³/mol. The Hall–Kier alpha value is -6.41. The van der Waals surface area contributed by atoms with Gasteiger partial charge in [-0.1, -0.05) is 30.3 Å². The summed E-state index contributed by atoms with van der Waals surface area (Å²) in [5, 5.41) is 14.1. The molecule has 14 nitrogen and oxygen atoms in total. The molecule has 0 radical (unpaired) electrons. The Morgan fingerprint density at radius 3 is 2.38 bits per heavy atom. The number of fused-ring (bicyclic) bond motifs is 3. The van der Waals surface area contributed by atoms with Gasteiger partial charge in [0.1, 0.15) is 17.6 Å². The van der Waals surface area contributed by atoms with Crippen LogP contribution in [-0.2, 0) is 50.0 Å². The Morgan fingerprint density at radius 1 is 0.857 bits per heavy atom. The lowest BCUT2D eigenvalue weighted by Gasteiger charge is -2.30. The van der Waals surface area contributed by atoms with Crippen molar-refractivity contribution in [2.45, 2.75) is 96.3 Å². The first-order valence-electron chi connectivity index (χ1n) is 22.3. The molecule has 3 fully saturated rings. The van der Waals surface area contributed by atoms with Crippen molar-refractivity contribution >= 4 is 40.3 Å². The minimum absolute atomic E-state index is 0.0918. The van der Waals surface area contributed by atoms with Crippen molar-refractivity contribution in [1.82, 2.24) is 34.6 Å². The number of aromatic hydroxyl groups is 1. The molecule has 2 N–H and O–H groups in total. The molecule has 5 aromatic rings. The van der Waals surface area contributed by atoms with E-state index in [0.717, 1.165) is 114 Å². The summed E-state index contributed by atoms with van der Waals surface area (Å²) < 4.78 is 7.95. The third-order valence-corrected chi connectivity index (χ3v) is 13.2. The van der Waals surface area contributed by atoms with Crippen LogP contribution in [0.5, 0.6) is 5.75 Å². The van der Waals surface area contributed by atoms with E-state index in [-0.39, 0.29) is 35.8 Å². The smallest absolute Gasteiger partial charge is 0.255 e. The molecule has 7 heterocycles. The number of pyridine rings is 1. The Kier molecular flexibility index (Phi) is 12.1. The number of imide groups is 1. The number of carbonyl (C=O) groups is 5. The number of phenols is 1. The fraction of sp³-hybridized carbons (Fsp3) is 0.408. The number of rotatable bonds is 7. The molecule has 0 bridgehead atoms. The Morgan fingerprint density at radius 2 is 1.62 bits per heavy atom. The summed E-state index contributed by atoms with van der Waals surface area (Å²) in [6.45, 7) is 7.24. The van der Waals surface area contributed by atoms with Crippen molar-refractivity contribution < 1.29 is 33.8 Å². The predicted octanol–water partition coefficient (Wildman–Crippen LogP) is 6.12. The number of hydrogen-bond acceptors (Lipinski definition) is 9. The van der Waals surface area contributed by atoms with Gasteiger partial charge in [0.2, 0.25) is 23.6 Å². The lowest BCUT2D eigenvalue weighted by Crippen LogP contribution is -2.52. The number of likely N-dealkylation sites (tertiary alicyclic amines) is 1. The van der Waals surface area contributed by atoms with E-state index in [9.17, 15) is 29.1 Å². The van der Waals surface area contributed by atoms with Crippen molar-refractivity contribution in [3.05, 3.63) is 101 Å². The molecule has 0 spiro atoms. The second kappa shape index (κ2) is 18.1. The molecule has 5 amide bonds. The Balaban J connectivity index is 0.000000164. The summed E-state index contributed by atoms with van der Waals surface area (Å²) in [5.74, 6) is 1.12. The van der Waals surface area contributed by atoms with Crippen LogP contribution in [0.15, 0.2) is 72.9 Å². The number of hydrogen-bond donors (Lipinski definition) is 2. The molecule has 0 aliphatic carbocycles. The van der Waals surface area contributed by atoms with Crippen LogP contribution in [-0.4, -0.2) is 103 Å². The number of benzene rings is 3. The van der Waals surface area contributed by atoms with Gasteiger partial charge in [-0.25, -0.2) is 4.98 Å². The second-order valence-corrected chi connectivity index (χ2v) is 17.2. The van der Waals surface area contributed by atoms with Crippen molar-refractivity contribution in [3.63, 3.8) is 0 Å². The van der Waals surface area contributed by atoms with Crippen LogP contribution < -0.4 is 5.32 Å². The van der Waals surface area contributed by atoms with Crippen LogP contribution in [0, 0.1) is 0 Å². The number of phenolic OH excluding ortho intramolecular Hbond substituents is 1. The summed E-state index contributed by atoms with van der Waals surface area (Å²) in [6.07, 6.45) is 8.81. The maximum atomic E-state index is 12.8. The van der Waals surface area contributed by atoms with Crippen LogP contribution in [0.4, 0.5) is 0 Å². The van der Waals surface area contributed by atoms with E-state index in [1.165, 1.54) is 6.42 Å². The molecule has 0 saturated carbocycles. The quantitative estimate of drug-likeness (QED) is 0.184. The fourth-order valence-corrected chi connectivity index (χ4v) is 9.74. The topological polar surface area (TPSA) is 167 Å². The maximum Gasteiger partial charge on any atom is 0.255 e. The molecule has 3 saturated heterocycles. The first kappa shape index (κ1) is 41.9. The minimum Gasteiger partial charge on any atom is -0.508 e. The summed E-state index contributed by atoms with van der Waals surface area (Å²) in [7, 11) is 0. The second-order valence-electron chi connectivity index (χ2n) is 17.2. The Labute approximate surface area is 366 Å². The van der Waals surface area contributed by atoms with Crippen LogP contribution in [0.2, 0.25) is 0 Å². The molecule has 14 heteroatoms. The van der Waals surface area contributed by atoms with Crippen molar-refractivity contribution in [2.75, 3.05) is 32.8 Å². The summed E-state index contributed by atoms with van der Waals surface area (Å²) in [4.78, 5) is 76.5. The molecule has 1 unspecified atom stereocenters. The zero-order valence-electron chi connectivity index (χ0n) is 35.7. The number of nitrogens with zero attached hydrogens (tertiary/aromatic N) is 6. The summed E-state index contributed by atoms with van der Waals surface area (Å²) >= 11 is 0. The number of imidazole rings is 1. The van der Waals surface area contributed by atoms with Gasteiger partial charge in [0, 0.05) is 99.9 Å². The van der Waals surface area contributed by atoms with E-state index >= 15 is 0 Å². The highest BCUT2D eigenvalue weighted by molar-refractivity contribution is 6.05. The van der Waals surface area contributed by atoms with E-state index in [1.54, 1.807) is 30.0 Å². The first-order valence-corrected chi connectivity index (χ1v) is 22.3. The van der Waals surface area contributed by atoms with E-state index in [4.69, 9.17) is 14.7 Å². The molecule has 326 valence electrons. The number of nitrogens with one attached hydrogen (secondary N) is 1. The zero-order valence-corrected chi connectivity index (χ0v) is 35.7. The van der Waals surface area contributed by atoms with Gasteiger partial charge < -0.3 is 29.1 Å². The van der Waals surface area contributed by atoms with E-state index in [1.807, 2.05) is 40.3 Å². The van der Waals surface area contributed by atoms with Crippen LogP contribution in [0.1, 0.15) is 97.2 Å². The van der Waals surface area contributed by atoms with Crippen LogP contribution in [0.25, 0.3) is 33.3 Å². The highest BCUT2D eigenvalue weighted by Crippen LogP contribution is 2.38. The minimum atomic E-state index is -0.611. The maximum absolute atomic E-state index is 12.8. The highest BCUT2D eigenvalue weighted by Gasteiger charge is 2.40.